The van der Waals surface area contributed by atoms with Crippen LogP contribution in [-0.2, 0) is 9.53 Å². The summed E-state index contributed by atoms with van der Waals surface area (Å²) in [6.45, 7) is 1.54. The highest BCUT2D eigenvalue weighted by atomic mass is 35.5. The molecule has 0 aliphatic rings. The number of H-pyrrole nitrogens is 1. The molecule has 2 aromatic rings. The highest BCUT2D eigenvalue weighted by Gasteiger charge is 2.20. The number of ether oxygens (including phenoxy) is 1. The van der Waals surface area contributed by atoms with Crippen molar-refractivity contribution < 1.29 is 14.3 Å². The molecule has 0 saturated heterocycles. The maximum absolute atomic E-state index is 12.2. The van der Waals surface area contributed by atoms with E-state index in [2.05, 4.69) is 20.3 Å². The van der Waals surface area contributed by atoms with Crippen molar-refractivity contribution in [3.63, 3.8) is 0 Å². The van der Waals surface area contributed by atoms with E-state index in [1.807, 2.05) is 0 Å². The van der Waals surface area contributed by atoms with E-state index in [1.165, 1.54) is 13.3 Å². The van der Waals surface area contributed by atoms with Crippen molar-refractivity contribution in [2.45, 2.75) is 13.0 Å². The maximum atomic E-state index is 12.2. The molecule has 1 aromatic carbocycles. The molecule has 6 nitrogen and oxygen atoms in total. The first-order valence-electron chi connectivity index (χ1n) is 6.21. The molecule has 0 fully saturated rings. The van der Waals surface area contributed by atoms with E-state index in [4.69, 9.17) is 11.6 Å². The Morgan fingerprint density at radius 2 is 2.19 bits per heavy atom. The highest BCUT2D eigenvalue weighted by Crippen LogP contribution is 2.23. The lowest BCUT2D eigenvalue weighted by Crippen LogP contribution is -2.39. The fourth-order valence-corrected chi connectivity index (χ4v) is 2.02. The van der Waals surface area contributed by atoms with Gasteiger partial charge in [0.15, 0.2) is 0 Å². The number of methoxy groups -OCH3 is 1. The number of nitrogens with zero attached hydrogens (tertiary/aromatic N) is 1. The van der Waals surface area contributed by atoms with Gasteiger partial charge >= 0.3 is 5.97 Å². The van der Waals surface area contributed by atoms with Crippen molar-refractivity contribution in [1.29, 1.82) is 0 Å². The van der Waals surface area contributed by atoms with Crippen LogP contribution >= 0.6 is 11.6 Å². The first-order valence-corrected chi connectivity index (χ1v) is 6.58. The normalized spacial score (nSPS) is 11.8. The van der Waals surface area contributed by atoms with Crippen molar-refractivity contribution in [3.8, 4) is 11.3 Å². The first-order chi connectivity index (χ1) is 10.0. The summed E-state index contributed by atoms with van der Waals surface area (Å²) in [6.07, 6.45) is 1.40. The van der Waals surface area contributed by atoms with Crippen LogP contribution in [-0.4, -0.2) is 35.2 Å². The largest absolute Gasteiger partial charge is 0.467 e. The molecule has 7 heteroatoms. The van der Waals surface area contributed by atoms with Gasteiger partial charge in [-0.2, -0.15) is 5.10 Å². The Morgan fingerprint density at radius 1 is 1.43 bits per heavy atom. The molecule has 1 heterocycles. The number of hydrogen-bond donors (Lipinski definition) is 2. The van der Waals surface area contributed by atoms with Gasteiger partial charge in [0.05, 0.1) is 24.6 Å². The molecule has 21 heavy (non-hydrogen) atoms. The van der Waals surface area contributed by atoms with Crippen molar-refractivity contribution in [1.82, 2.24) is 15.5 Å². The van der Waals surface area contributed by atoms with Gasteiger partial charge in [-0.15, -0.1) is 0 Å². The third kappa shape index (κ3) is 3.41. The molecule has 0 unspecified atom stereocenters. The predicted octanol–water partition coefficient (Wildman–Crippen LogP) is 2.02. The molecular formula is C14H14ClN3O3. The van der Waals surface area contributed by atoms with Crippen LogP contribution in [0.5, 0.6) is 0 Å². The van der Waals surface area contributed by atoms with E-state index < -0.39 is 17.9 Å². The zero-order valence-electron chi connectivity index (χ0n) is 11.5. The number of aromatic amines is 1. The Morgan fingerprint density at radius 3 is 2.86 bits per heavy atom. The number of carbonyl (C=O) groups excluding carboxylic acids is 2. The monoisotopic (exact) mass is 307 g/mol. The van der Waals surface area contributed by atoms with Gasteiger partial charge in [-0.1, -0.05) is 23.7 Å². The smallest absolute Gasteiger partial charge is 0.328 e. The van der Waals surface area contributed by atoms with E-state index in [-0.39, 0.29) is 0 Å². The van der Waals surface area contributed by atoms with Gasteiger partial charge in [0, 0.05) is 10.6 Å². The fourth-order valence-electron chi connectivity index (χ4n) is 1.83. The van der Waals surface area contributed by atoms with Gasteiger partial charge in [-0.25, -0.2) is 4.79 Å². The third-order valence-corrected chi connectivity index (χ3v) is 3.13. The van der Waals surface area contributed by atoms with Gasteiger partial charge in [-0.3, -0.25) is 9.89 Å². The molecule has 0 spiro atoms. The Kier molecular flexibility index (Phi) is 4.59. The number of benzene rings is 1. The minimum Gasteiger partial charge on any atom is -0.467 e. The number of carbonyl (C=O) groups is 2. The number of aromatic nitrogens is 2. The van der Waals surface area contributed by atoms with Crippen molar-refractivity contribution in [2.24, 2.45) is 0 Å². The summed E-state index contributed by atoms with van der Waals surface area (Å²) < 4.78 is 4.57. The summed E-state index contributed by atoms with van der Waals surface area (Å²) in [6, 6.07) is 6.29. The van der Waals surface area contributed by atoms with E-state index in [9.17, 15) is 9.59 Å². The van der Waals surface area contributed by atoms with Crippen molar-refractivity contribution >= 4 is 23.5 Å². The minimum absolute atomic E-state index is 0.327. The Balaban J connectivity index is 2.24. The van der Waals surface area contributed by atoms with Gasteiger partial charge in [0.25, 0.3) is 5.91 Å². The number of hydrogen-bond acceptors (Lipinski definition) is 4. The van der Waals surface area contributed by atoms with Crippen LogP contribution in [0.3, 0.4) is 0 Å². The Hall–Kier alpha value is -2.34. The molecule has 0 aliphatic carbocycles. The summed E-state index contributed by atoms with van der Waals surface area (Å²) in [7, 11) is 1.26. The molecule has 0 bridgehead atoms. The van der Waals surface area contributed by atoms with Crippen LogP contribution in [0, 0.1) is 0 Å². The number of rotatable bonds is 4. The van der Waals surface area contributed by atoms with Crippen LogP contribution in [0.25, 0.3) is 11.3 Å². The van der Waals surface area contributed by atoms with Crippen molar-refractivity contribution in [3.05, 3.63) is 41.0 Å². The van der Waals surface area contributed by atoms with Gasteiger partial charge in [0.1, 0.15) is 6.04 Å². The SMILES string of the molecule is COC(=O)[C@H](C)NC(=O)c1cn[nH]c1-c1cccc(Cl)c1. The predicted molar refractivity (Wildman–Crippen MR) is 78.0 cm³/mol. The second-order valence-corrected chi connectivity index (χ2v) is 4.82. The molecule has 2 N–H and O–H groups in total. The quantitative estimate of drug-likeness (QED) is 0.846. The molecule has 0 aliphatic heterocycles. The van der Waals surface area contributed by atoms with Crippen LogP contribution in [0.2, 0.25) is 5.02 Å². The zero-order valence-corrected chi connectivity index (χ0v) is 12.3. The summed E-state index contributed by atoms with van der Waals surface area (Å²) in [5.41, 5.74) is 1.59. The number of halogens is 1. The van der Waals surface area contributed by atoms with Crippen LogP contribution in [0.15, 0.2) is 30.5 Å². The van der Waals surface area contributed by atoms with Crippen LogP contribution in [0.4, 0.5) is 0 Å². The standard InChI is InChI=1S/C14H14ClN3O3/c1-8(14(20)21-2)17-13(19)11-7-16-18-12(11)9-4-3-5-10(15)6-9/h3-8H,1-2H3,(H,16,18)(H,17,19)/t8-/m0/s1. The molecule has 0 saturated carbocycles. The Bertz CT molecular complexity index is 669. The molecule has 1 atom stereocenters. The molecule has 1 aromatic heterocycles. The van der Waals surface area contributed by atoms with E-state index >= 15 is 0 Å². The lowest BCUT2D eigenvalue weighted by atomic mass is 10.1. The average Bonchev–Trinajstić information content (AvgIpc) is 2.95. The van der Waals surface area contributed by atoms with E-state index in [1.54, 1.807) is 31.2 Å². The Labute approximate surface area is 126 Å². The van der Waals surface area contributed by atoms with Crippen LogP contribution in [0.1, 0.15) is 17.3 Å². The fraction of sp³-hybridized carbons (Fsp3) is 0.214. The second kappa shape index (κ2) is 6.41. The minimum atomic E-state index is -0.746. The van der Waals surface area contributed by atoms with Gasteiger partial charge in [0.2, 0.25) is 0 Å². The van der Waals surface area contributed by atoms with E-state index in [0.29, 0.717) is 16.3 Å². The second-order valence-electron chi connectivity index (χ2n) is 4.39. The molecule has 1 amide bonds. The molecular weight excluding hydrogens is 294 g/mol. The lowest BCUT2D eigenvalue weighted by molar-refractivity contribution is -0.142. The summed E-state index contributed by atoms with van der Waals surface area (Å²) >= 11 is 5.94. The topological polar surface area (TPSA) is 84.1 Å². The first kappa shape index (κ1) is 15.1. The summed E-state index contributed by atoms with van der Waals surface area (Å²) in [5.74, 6) is -0.937. The summed E-state index contributed by atoms with van der Waals surface area (Å²) in [5, 5.41) is 9.74. The van der Waals surface area contributed by atoms with E-state index in [0.717, 1.165) is 5.56 Å². The highest BCUT2D eigenvalue weighted by molar-refractivity contribution is 6.30. The number of amides is 1. The maximum Gasteiger partial charge on any atom is 0.328 e. The lowest BCUT2D eigenvalue weighted by Gasteiger charge is -2.11. The average molecular weight is 308 g/mol. The molecule has 2 rings (SSSR count). The third-order valence-electron chi connectivity index (χ3n) is 2.90. The molecule has 0 radical (unpaired) electrons. The summed E-state index contributed by atoms with van der Waals surface area (Å²) in [4.78, 5) is 23.5. The molecule has 110 valence electrons. The van der Waals surface area contributed by atoms with Gasteiger partial charge < -0.3 is 10.1 Å². The van der Waals surface area contributed by atoms with Crippen molar-refractivity contribution in [2.75, 3.05) is 7.11 Å². The zero-order chi connectivity index (χ0) is 15.4. The van der Waals surface area contributed by atoms with Crippen LogP contribution < -0.4 is 5.32 Å². The number of nitrogens with one attached hydrogen (secondary N) is 2. The van der Waals surface area contributed by atoms with Gasteiger partial charge in [-0.05, 0) is 19.1 Å². The number of esters is 1.